The molecule has 1 amide bonds. The minimum Gasteiger partial charge on any atom is -0.460 e. The molecule has 0 unspecified atom stereocenters. The molecule has 0 bridgehead atoms. The van der Waals surface area contributed by atoms with Crippen LogP contribution in [0.1, 0.15) is 46.5 Å². The summed E-state index contributed by atoms with van der Waals surface area (Å²) in [6, 6.07) is 0. The van der Waals surface area contributed by atoms with Crippen molar-refractivity contribution in [1.29, 1.82) is 0 Å². The van der Waals surface area contributed by atoms with Gasteiger partial charge in [0.05, 0.1) is 18.4 Å². The Morgan fingerprint density at radius 1 is 1.32 bits per heavy atom. The fourth-order valence-corrected chi connectivity index (χ4v) is 4.62. The summed E-state index contributed by atoms with van der Waals surface area (Å²) < 4.78 is 36.5. The van der Waals surface area contributed by atoms with Crippen LogP contribution >= 0.6 is 0 Å². The van der Waals surface area contributed by atoms with Gasteiger partial charge in [-0.2, -0.15) is 0 Å². The molecule has 2 saturated carbocycles. The van der Waals surface area contributed by atoms with Gasteiger partial charge >= 0.3 is 5.97 Å². The molecule has 0 aromatic heterocycles. The van der Waals surface area contributed by atoms with Crippen LogP contribution in [0.2, 0.25) is 0 Å². The summed E-state index contributed by atoms with van der Waals surface area (Å²) in [4.78, 5) is 24.9. The van der Waals surface area contributed by atoms with Crippen molar-refractivity contribution in [3.05, 3.63) is 12.7 Å². The fourth-order valence-electron chi connectivity index (χ4n) is 3.05. The highest BCUT2D eigenvalue weighted by Gasteiger charge is 2.63. The third kappa shape index (κ3) is 4.06. The molecule has 2 aliphatic carbocycles. The number of methoxy groups -OCH3 is 1. The van der Waals surface area contributed by atoms with Gasteiger partial charge in [0, 0.05) is 7.11 Å². The molecule has 1 N–H and O–H groups in total. The van der Waals surface area contributed by atoms with E-state index in [1.54, 1.807) is 26.8 Å². The summed E-state index contributed by atoms with van der Waals surface area (Å²) in [6.07, 6.45) is 2.70. The summed E-state index contributed by atoms with van der Waals surface area (Å²) in [5, 5.41) is 0. The molecule has 8 heteroatoms. The van der Waals surface area contributed by atoms with E-state index >= 15 is 0 Å². The maximum absolute atomic E-state index is 12.7. The second-order valence-electron chi connectivity index (χ2n) is 8.02. The highest BCUT2D eigenvalue weighted by atomic mass is 32.2. The summed E-state index contributed by atoms with van der Waals surface area (Å²) in [5.74, 6) is -1.43. The van der Waals surface area contributed by atoms with Crippen LogP contribution in [0.15, 0.2) is 12.7 Å². The third-order valence-electron chi connectivity index (χ3n) is 4.76. The standard InChI is InChI=1S/C17H27NO6S/c1-6-12-9-17(12,10-13(19)24-15(2,3)4)14(20)18-25(21,22)16(7-8-16)11-23-5/h6,12H,1,7-11H2,2-5H3,(H,18,20)/t12-,17-/m1/s1. The Morgan fingerprint density at radius 2 is 1.92 bits per heavy atom. The number of esters is 1. The van der Waals surface area contributed by atoms with E-state index in [2.05, 4.69) is 11.3 Å². The molecule has 0 radical (unpaired) electrons. The lowest BCUT2D eigenvalue weighted by atomic mass is 9.98. The van der Waals surface area contributed by atoms with Crippen LogP contribution in [-0.4, -0.2) is 44.4 Å². The number of carbonyl (C=O) groups excluding carboxylic acids is 2. The number of amides is 1. The van der Waals surface area contributed by atoms with Crippen LogP contribution in [0.4, 0.5) is 0 Å². The summed E-state index contributed by atoms with van der Waals surface area (Å²) in [5.41, 5.74) is -1.77. The molecule has 7 nitrogen and oxygen atoms in total. The maximum atomic E-state index is 12.7. The molecule has 0 saturated heterocycles. The fraction of sp³-hybridized carbons (Fsp3) is 0.765. The molecule has 2 atom stereocenters. The highest BCUT2D eigenvalue weighted by molar-refractivity contribution is 7.91. The van der Waals surface area contributed by atoms with Gasteiger partial charge in [0.2, 0.25) is 15.9 Å². The van der Waals surface area contributed by atoms with Crippen molar-refractivity contribution >= 4 is 21.9 Å². The maximum Gasteiger partial charge on any atom is 0.307 e. The Morgan fingerprint density at radius 3 is 2.32 bits per heavy atom. The van der Waals surface area contributed by atoms with E-state index in [1.165, 1.54) is 7.11 Å². The molecule has 2 aliphatic rings. The second kappa shape index (κ2) is 6.39. The first-order valence-electron chi connectivity index (χ1n) is 8.31. The summed E-state index contributed by atoms with van der Waals surface area (Å²) in [7, 11) is -2.44. The number of hydrogen-bond donors (Lipinski definition) is 1. The molecule has 0 aromatic carbocycles. The average Bonchev–Trinajstić information content (AvgIpc) is 3.32. The van der Waals surface area contributed by atoms with E-state index in [4.69, 9.17) is 9.47 Å². The normalized spacial score (nSPS) is 27.3. The van der Waals surface area contributed by atoms with Gasteiger partial charge in [0.25, 0.3) is 0 Å². The van der Waals surface area contributed by atoms with E-state index < -0.39 is 37.7 Å². The first kappa shape index (κ1) is 19.9. The van der Waals surface area contributed by atoms with Crippen LogP contribution in [-0.2, 0) is 29.1 Å². The topological polar surface area (TPSA) is 98.8 Å². The first-order chi connectivity index (χ1) is 11.4. The lowest BCUT2D eigenvalue weighted by Crippen LogP contribution is -2.46. The van der Waals surface area contributed by atoms with Gasteiger partial charge < -0.3 is 9.47 Å². The van der Waals surface area contributed by atoms with Gasteiger partial charge in [-0.3, -0.25) is 14.3 Å². The summed E-state index contributed by atoms with van der Waals surface area (Å²) >= 11 is 0. The van der Waals surface area contributed by atoms with E-state index in [-0.39, 0.29) is 18.9 Å². The zero-order chi connectivity index (χ0) is 19.1. The third-order valence-corrected chi connectivity index (χ3v) is 6.88. The molecule has 0 spiro atoms. The largest absolute Gasteiger partial charge is 0.460 e. The van der Waals surface area contributed by atoms with Gasteiger partial charge in [-0.05, 0) is 46.0 Å². The highest BCUT2D eigenvalue weighted by Crippen LogP contribution is 2.57. The lowest BCUT2D eigenvalue weighted by molar-refractivity contribution is -0.158. The predicted octanol–water partition coefficient (Wildman–Crippen LogP) is 1.54. The molecule has 2 fully saturated rings. The lowest BCUT2D eigenvalue weighted by Gasteiger charge is -2.23. The van der Waals surface area contributed by atoms with E-state index in [0.717, 1.165) is 0 Å². The van der Waals surface area contributed by atoms with E-state index in [9.17, 15) is 18.0 Å². The van der Waals surface area contributed by atoms with Crippen LogP contribution in [0.25, 0.3) is 0 Å². The molecule has 0 aliphatic heterocycles. The molecule has 0 aromatic rings. The van der Waals surface area contributed by atoms with Crippen LogP contribution in [0.3, 0.4) is 0 Å². The van der Waals surface area contributed by atoms with E-state index in [0.29, 0.717) is 19.3 Å². The van der Waals surface area contributed by atoms with Crippen LogP contribution in [0.5, 0.6) is 0 Å². The predicted molar refractivity (Wildman–Crippen MR) is 92.1 cm³/mol. The first-order valence-corrected chi connectivity index (χ1v) is 9.80. The number of sulfonamides is 1. The zero-order valence-electron chi connectivity index (χ0n) is 15.3. The molecular formula is C17H27NO6S. The Bertz CT molecular complexity index is 674. The van der Waals surface area contributed by atoms with Gasteiger partial charge in [0.1, 0.15) is 10.3 Å². The quantitative estimate of drug-likeness (QED) is 0.512. The summed E-state index contributed by atoms with van der Waals surface area (Å²) in [6.45, 7) is 8.92. The van der Waals surface area contributed by atoms with Gasteiger partial charge in [-0.15, -0.1) is 6.58 Å². The van der Waals surface area contributed by atoms with Gasteiger partial charge in [0.15, 0.2) is 0 Å². The number of hydrogen-bond acceptors (Lipinski definition) is 6. The van der Waals surface area contributed by atoms with Crippen molar-refractivity contribution < 1.29 is 27.5 Å². The Kier molecular flexibility index (Phi) is 5.09. The number of carbonyl (C=O) groups is 2. The average molecular weight is 373 g/mol. The Balaban J connectivity index is 2.11. The minimum absolute atomic E-state index is 0.0412. The van der Waals surface area contributed by atoms with Crippen LogP contribution < -0.4 is 4.72 Å². The smallest absolute Gasteiger partial charge is 0.307 e. The number of rotatable bonds is 8. The zero-order valence-corrected chi connectivity index (χ0v) is 16.1. The minimum atomic E-state index is -3.87. The van der Waals surface area contributed by atoms with Gasteiger partial charge in [-0.1, -0.05) is 6.08 Å². The molecule has 25 heavy (non-hydrogen) atoms. The Hall–Kier alpha value is -1.41. The van der Waals surface area contributed by atoms with E-state index in [1.807, 2.05) is 0 Å². The molecular weight excluding hydrogens is 346 g/mol. The van der Waals surface area contributed by atoms with Crippen molar-refractivity contribution in [2.75, 3.05) is 13.7 Å². The number of allylic oxidation sites excluding steroid dienone is 1. The number of ether oxygens (including phenoxy) is 2. The van der Waals surface area contributed by atoms with Crippen molar-refractivity contribution in [2.24, 2.45) is 11.3 Å². The molecule has 142 valence electrons. The Labute approximate surface area is 149 Å². The van der Waals surface area contributed by atoms with Crippen molar-refractivity contribution in [3.8, 4) is 0 Å². The van der Waals surface area contributed by atoms with Crippen LogP contribution in [0, 0.1) is 11.3 Å². The number of nitrogens with one attached hydrogen (secondary N) is 1. The van der Waals surface area contributed by atoms with Gasteiger partial charge in [-0.25, -0.2) is 8.42 Å². The van der Waals surface area contributed by atoms with Crippen molar-refractivity contribution in [3.63, 3.8) is 0 Å². The molecule has 0 heterocycles. The SMILES string of the molecule is C=C[C@@H]1C[C@]1(CC(=O)OC(C)(C)C)C(=O)NS(=O)(=O)C1(COC)CC1. The monoisotopic (exact) mass is 373 g/mol. The second-order valence-corrected chi connectivity index (χ2v) is 10.1. The van der Waals surface area contributed by atoms with Crippen molar-refractivity contribution in [1.82, 2.24) is 4.72 Å². The molecule has 2 rings (SSSR count). The van der Waals surface area contributed by atoms with Crippen molar-refractivity contribution in [2.45, 2.75) is 56.8 Å².